The van der Waals surface area contributed by atoms with Crippen molar-refractivity contribution < 1.29 is 0 Å². The lowest BCUT2D eigenvalue weighted by Gasteiger charge is -2.34. The summed E-state index contributed by atoms with van der Waals surface area (Å²) in [5, 5.41) is 0.657. The highest BCUT2D eigenvalue weighted by molar-refractivity contribution is 7.22. The van der Waals surface area contributed by atoms with E-state index >= 15 is 0 Å². The molecular weight excluding hydrogens is 230 g/mol. The van der Waals surface area contributed by atoms with E-state index in [-0.39, 0.29) is 0 Å². The van der Waals surface area contributed by atoms with Crippen molar-refractivity contribution in [3.63, 3.8) is 0 Å². The van der Waals surface area contributed by atoms with E-state index < -0.39 is 0 Å². The van der Waals surface area contributed by atoms with Crippen LogP contribution in [0.5, 0.6) is 0 Å². The summed E-state index contributed by atoms with van der Waals surface area (Å²) in [5.74, 6) is 0. The number of anilines is 1. The Hall–Kier alpha value is -1.13. The van der Waals surface area contributed by atoms with Gasteiger partial charge in [0, 0.05) is 12.6 Å². The molecule has 1 heterocycles. The Morgan fingerprint density at radius 1 is 1.47 bits per heavy atom. The van der Waals surface area contributed by atoms with Gasteiger partial charge in [0.15, 0.2) is 5.13 Å². The lowest BCUT2D eigenvalue weighted by Crippen LogP contribution is -2.36. The Bertz CT molecular complexity index is 530. The lowest BCUT2D eigenvalue weighted by atomic mass is 9.91. The van der Waals surface area contributed by atoms with Gasteiger partial charge in [-0.15, -0.1) is 0 Å². The van der Waals surface area contributed by atoms with Crippen LogP contribution in [-0.2, 0) is 6.54 Å². The summed E-state index contributed by atoms with van der Waals surface area (Å²) in [5.41, 5.74) is 8.09. The summed E-state index contributed by atoms with van der Waals surface area (Å²) in [6.07, 6.45) is 4.10. The maximum absolute atomic E-state index is 5.72. The Kier molecular flexibility index (Phi) is 2.76. The highest BCUT2D eigenvalue weighted by Gasteiger charge is 2.21. The van der Waals surface area contributed by atoms with Gasteiger partial charge in [0.1, 0.15) is 0 Å². The molecule has 2 N–H and O–H groups in total. The van der Waals surface area contributed by atoms with Crippen molar-refractivity contribution in [2.24, 2.45) is 0 Å². The summed E-state index contributed by atoms with van der Waals surface area (Å²) in [4.78, 5) is 6.73. The lowest BCUT2D eigenvalue weighted by molar-refractivity contribution is 0.153. The number of nitrogens with zero attached hydrogens (tertiary/aromatic N) is 2. The molecule has 0 atom stereocenters. The number of aromatic nitrogens is 1. The minimum atomic E-state index is 0.657. The van der Waals surface area contributed by atoms with Crippen LogP contribution in [0.15, 0.2) is 18.2 Å². The van der Waals surface area contributed by atoms with E-state index in [1.54, 1.807) is 11.3 Å². The van der Waals surface area contributed by atoms with Crippen LogP contribution in [0.25, 0.3) is 10.2 Å². The summed E-state index contributed by atoms with van der Waals surface area (Å²) in [7, 11) is 2.22. The zero-order valence-electron chi connectivity index (χ0n) is 10.0. The van der Waals surface area contributed by atoms with Gasteiger partial charge in [-0.3, -0.25) is 4.90 Å². The minimum Gasteiger partial charge on any atom is -0.375 e. The van der Waals surface area contributed by atoms with Gasteiger partial charge in [0.05, 0.1) is 10.2 Å². The summed E-state index contributed by atoms with van der Waals surface area (Å²) in [6.45, 7) is 1.03. The van der Waals surface area contributed by atoms with Crippen molar-refractivity contribution in [3.05, 3.63) is 23.8 Å². The Balaban J connectivity index is 1.79. The molecule has 1 aromatic heterocycles. The van der Waals surface area contributed by atoms with Crippen molar-refractivity contribution in [2.45, 2.75) is 31.8 Å². The van der Waals surface area contributed by atoms with Crippen molar-refractivity contribution in [2.75, 3.05) is 12.8 Å². The second-order valence-corrected chi connectivity index (χ2v) is 5.92. The molecule has 0 amide bonds. The second-order valence-electron chi connectivity index (χ2n) is 4.85. The highest BCUT2D eigenvalue weighted by Crippen LogP contribution is 2.27. The zero-order chi connectivity index (χ0) is 11.8. The molecule has 3 rings (SSSR count). The molecule has 0 bridgehead atoms. The molecule has 0 saturated heterocycles. The average Bonchev–Trinajstić information content (AvgIpc) is 2.54. The molecule has 0 aliphatic heterocycles. The van der Waals surface area contributed by atoms with E-state index in [0.717, 1.165) is 18.1 Å². The first kappa shape index (κ1) is 11.0. The summed E-state index contributed by atoms with van der Waals surface area (Å²) >= 11 is 1.57. The molecule has 1 aliphatic carbocycles. The molecular formula is C13H17N3S. The van der Waals surface area contributed by atoms with Crippen molar-refractivity contribution >= 4 is 26.7 Å². The fourth-order valence-electron chi connectivity index (χ4n) is 2.33. The number of hydrogen-bond acceptors (Lipinski definition) is 4. The first-order valence-electron chi connectivity index (χ1n) is 6.07. The zero-order valence-corrected chi connectivity index (χ0v) is 10.8. The normalized spacial score (nSPS) is 16.6. The molecule has 1 aromatic carbocycles. The number of hydrogen-bond donors (Lipinski definition) is 1. The molecule has 2 aromatic rings. The minimum absolute atomic E-state index is 0.657. The number of benzene rings is 1. The third kappa shape index (κ3) is 2.15. The molecule has 3 nitrogen and oxygen atoms in total. The van der Waals surface area contributed by atoms with Gasteiger partial charge >= 0.3 is 0 Å². The first-order valence-corrected chi connectivity index (χ1v) is 6.89. The van der Waals surface area contributed by atoms with E-state index in [0.29, 0.717) is 5.13 Å². The third-order valence-electron chi connectivity index (χ3n) is 3.60. The topological polar surface area (TPSA) is 42.2 Å². The summed E-state index contributed by atoms with van der Waals surface area (Å²) < 4.78 is 1.20. The highest BCUT2D eigenvalue weighted by atomic mass is 32.1. The van der Waals surface area contributed by atoms with Crippen LogP contribution in [0, 0.1) is 0 Å². The van der Waals surface area contributed by atoms with Crippen molar-refractivity contribution in [1.82, 2.24) is 9.88 Å². The predicted molar refractivity (Wildman–Crippen MR) is 73.1 cm³/mol. The van der Waals surface area contributed by atoms with E-state index in [2.05, 4.69) is 35.1 Å². The van der Waals surface area contributed by atoms with Crippen molar-refractivity contribution in [3.8, 4) is 0 Å². The Labute approximate surface area is 105 Å². The van der Waals surface area contributed by atoms with E-state index in [4.69, 9.17) is 5.73 Å². The van der Waals surface area contributed by atoms with Gasteiger partial charge in [-0.05, 0) is 37.6 Å². The number of nitrogens with two attached hydrogens (primary N) is 1. The van der Waals surface area contributed by atoms with Gasteiger partial charge in [0.25, 0.3) is 0 Å². The van der Waals surface area contributed by atoms with Gasteiger partial charge in [-0.1, -0.05) is 23.8 Å². The van der Waals surface area contributed by atoms with E-state index in [1.807, 2.05) is 0 Å². The van der Waals surface area contributed by atoms with Crippen molar-refractivity contribution in [1.29, 1.82) is 0 Å². The standard InChI is InChI=1S/C13H17N3S/c1-16(10-3-2-4-10)8-9-5-6-11-12(7-9)17-13(14)15-11/h5-7,10H,2-4,8H2,1H3,(H2,14,15). The van der Waals surface area contributed by atoms with Crippen LogP contribution in [0.4, 0.5) is 5.13 Å². The van der Waals surface area contributed by atoms with Gasteiger partial charge in [0.2, 0.25) is 0 Å². The quantitative estimate of drug-likeness (QED) is 0.907. The van der Waals surface area contributed by atoms with E-state index in [1.165, 1.54) is 29.5 Å². The smallest absolute Gasteiger partial charge is 0.181 e. The fourth-order valence-corrected chi connectivity index (χ4v) is 3.13. The van der Waals surface area contributed by atoms with Crippen LogP contribution in [0.2, 0.25) is 0 Å². The van der Waals surface area contributed by atoms with Crippen LogP contribution in [-0.4, -0.2) is 23.0 Å². The molecule has 1 saturated carbocycles. The molecule has 90 valence electrons. The predicted octanol–water partition coefficient (Wildman–Crippen LogP) is 2.86. The maximum atomic E-state index is 5.72. The number of thiazole rings is 1. The average molecular weight is 247 g/mol. The van der Waals surface area contributed by atoms with Crippen LogP contribution >= 0.6 is 11.3 Å². The third-order valence-corrected chi connectivity index (χ3v) is 4.45. The SMILES string of the molecule is CN(Cc1ccc2nc(N)sc2c1)C1CCC1. The molecule has 1 fully saturated rings. The largest absolute Gasteiger partial charge is 0.375 e. The maximum Gasteiger partial charge on any atom is 0.181 e. The molecule has 0 spiro atoms. The molecule has 17 heavy (non-hydrogen) atoms. The summed E-state index contributed by atoms with van der Waals surface area (Å²) in [6, 6.07) is 7.25. The Morgan fingerprint density at radius 2 is 2.29 bits per heavy atom. The van der Waals surface area contributed by atoms with Gasteiger partial charge in [-0.2, -0.15) is 0 Å². The molecule has 0 unspecified atom stereocenters. The number of rotatable bonds is 3. The van der Waals surface area contributed by atoms with Gasteiger partial charge in [-0.25, -0.2) is 4.98 Å². The van der Waals surface area contributed by atoms with Crippen LogP contribution < -0.4 is 5.73 Å². The van der Waals surface area contributed by atoms with Crippen LogP contribution in [0.3, 0.4) is 0 Å². The fraction of sp³-hybridized carbons (Fsp3) is 0.462. The monoisotopic (exact) mass is 247 g/mol. The number of fused-ring (bicyclic) bond motifs is 1. The molecule has 4 heteroatoms. The second kappa shape index (κ2) is 4.27. The number of nitrogen functional groups attached to an aromatic ring is 1. The molecule has 0 radical (unpaired) electrons. The van der Waals surface area contributed by atoms with Crippen LogP contribution in [0.1, 0.15) is 24.8 Å². The van der Waals surface area contributed by atoms with Gasteiger partial charge < -0.3 is 5.73 Å². The first-order chi connectivity index (χ1) is 8.22. The Morgan fingerprint density at radius 3 is 3.00 bits per heavy atom. The molecule has 1 aliphatic rings. The van der Waals surface area contributed by atoms with E-state index in [9.17, 15) is 0 Å².